The van der Waals surface area contributed by atoms with E-state index in [0.717, 1.165) is 12.0 Å². The second-order valence-corrected chi connectivity index (χ2v) is 6.54. The van der Waals surface area contributed by atoms with Crippen molar-refractivity contribution < 1.29 is 9.53 Å². The van der Waals surface area contributed by atoms with Crippen molar-refractivity contribution in [3.63, 3.8) is 0 Å². The molecule has 0 bridgehead atoms. The Kier molecular flexibility index (Phi) is 6.77. The van der Waals surface area contributed by atoms with Gasteiger partial charge in [-0.1, -0.05) is 48.0 Å². The largest absolute Gasteiger partial charge is 0.377 e. The maximum absolute atomic E-state index is 12.7. The summed E-state index contributed by atoms with van der Waals surface area (Å²) in [7, 11) is 0. The van der Waals surface area contributed by atoms with Crippen molar-refractivity contribution in [2.75, 3.05) is 6.61 Å². The molecule has 0 saturated carbocycles. The first-order valence-electron chi connectivity index (χ1n) is 8.11. The van der Waals surface area contributed by atoms with Gasteiger partial charge in [-0.25, -0.2) is 0 Å². The van der Waals surface area contributed by atoms with Gasteiger partial charge in [0.15, 0.2) is 5.78 Å². The Morgan fingerprint density at radius 2 is 1.83 bits per heavy atom. The number of carbonyl (C=O) groups is 1. The molecule has 126 valence electrons. The molecule has 0 aliphatic heterocycles. The van der Waals surface area contributed by atoms with Crippen LogP contribution in [0.2, 0.25) is 5.02 Å². The monoisotopic (exact) mass is 342 g/mol. The van der Waals surface area contributed by atoms with Crippen LogP contribution in [-0.4, -0.2) is 12.4 Å². The zero-order valence-corrected chi connectivity index (χ0v) is 14.8. The van der Waals surface area contributed by atoms with Gasteiger partial charge in [0.05, 0.1) is 6.61 Å². The van der Waals surface area contributed by atoms with Gasteiger partial charge in [0.2, 0.25) is 0 Å². The molecule has 2 rings (SSSR count). The lowest BCUT2D eigenvalue weighted by atomic mass is 9.78. The fourth-order valence-corrected chi connectivity index (χ4v) is 2.67. The number of benzene rings is 2. The summed E-state index contributed by atoms with van der Waals surface area (Å²) in [4.78, 5) is 12.7. The second-order valence-electron chi connectivity index (χ2n) is 6.10. The third kappa shape index (κ3) is 5.05. The number of ether oxygens (including phenoxy) is 1. The molecule has 0 heterocycles. The summed E-state index contributed by atoms with van der Waals surface area (Å²) < 4.78 is 5.70. The van der Waals surface area contributed by atoms with Crippen molar-refractivity contribution in [1.29, 1.82) is 0 Å². The van der Waals surface area contributed by atoms with Crippen LogP contribution >= 0.6 is 11.6 Å². The van der Waals surface area contributed by atoms with Crippen molar-refractivity contribution in [2.45, 2.75) is 26.4 Å². The van der Waals surface area contributed by atoms with Gasteiger partial charge in [0.25, 0.3) is 0 Å². The normalized spacial score (nSPS) is 13.2. The maximum atomic E-state index is 12.7. The fourth-order valence-electron chi connectivity index (χ4n) is 2.55. The zero-order valence-electron chi connectivity index (χ0n) is 14.0. The van der Waals surface area contributed by atoms with E-state index in [-0.39, 0.29) is 5.78 Å². The lowest BCUT2D eigenvalue weighted by Gasteiger charge is -2.24. The van der Waals surface area contributed by atoms with Gasteiger partial charge >= 0.3 is 0 Å². The molecular weight excluding hydrogens is 320 g/mol. The third-order valence-electron chi connectivity index (χ3n) is 4.17. The molecule has 24 heavy (non-hydrogen) atoms. The number of allylic oxidation sites excluding steroid dienone is 1. The van der Waals surface area contributed by atoms with Crippen LogP contribution < -0.4 is 0 Å². The highest BCUT2D eigenvalue weighted by atomic mass is 35.5. The van der Waals surface area contributed by atoms with Crippen molar-refractivity contribution in [2.24, 2.45) is 5.41 Å². The van der Waals surface area contributed by atoms with Crippen LogP contribution in [0, 0.1) is 5.41 Å². The van der Waals surface area contributed by atoms with E-state index in [0.29, 0.717) is 30.2 Å². The van der Waals surface area contributed by atoms with E-state index in [4.69, 9.17) is 16.3 Å². The molecule has 0 fully saturated rings. The zero-order chi connectivity index (χ0) is 17.4. The third-order valence-corrected chi connectivity index (χ3v) is 4.42. The first-order valence-corrected chi connectivity index (χ1v) is 8.48. The van der Waals surface area contributed by atoms with Crippen LogP contribution in [0.1, 0.15) is 35.7 Å². The summed E-state index contributed by atoms with van der Waals surface area (Å²) in [5.41, 5.74) is 1.22. The molecule has 0 saturated heterocycles. The van der Waals surface area contributed by atoms with Crippen LogP contribution in [0.5, 0.6) is 0 Å². The first kappa shape index (κ1) is 18.4. The molecule has 3 heteroatoms. The maximum Gasteiger partial charge on any atom is 0.172 e. The van der Waals surface area contributed by atoms with Crippen LogP contribution in [0.15, 0.2) is 67.3 Å². The Morgan fingerprint density at radius 3 is 2.46 bits per heavy atom. The van der Waals surface area contributed by atoms with E-state index in [1.807, 2.05) is 37.3 Å². The highest BCUT2D eigenvalue weighted by molar-refractivity contribution is 6.30. The van der Waals surface area contributed by atoms with Gasteiger partial charge in [-0.3, -0.25) is 4.79 Å². The Balaban J connectivity index is 1.84. The van der Waals surface area contributed by atoms with Crippen LogP contribution in [0.3, 0.4) is 0 Å². The molecule has 2 aromatic rings. The molecule has 2 aromatic carbocycles. The van der Waals surface area contributed by atoms with E-state index in [9.17, 15) is 4.79 Å². The molecule has 0 aromatic heterocycles. The summed E-state index contributed by atoms with van der Waals surface area (Å²) in [6.45, 7) is 6.99. The second kappa shape index (κ2) is 8.81. The number of hydrogen-bond donors (Lipinski definition) is 0. The predicted molar refractivity (Wildman–Crippen MR) is 99.4 cm³/mol. The number of ketones is 1. The molecule has 0 radical (unpaired) electrons. The lowest BCUT2D eigenvalue weighted by molar-refractivity contribution is 0.0815. The van der Waals surface area contributed by atoms with Crippen LogP contribution in [0.25, 0.3) is 0 Å². The Bertz CT molecular complexity index is 664. The number of halogens is 1. The van der Waals surface area contributed by atoms with E-state index in [2.05, 4.69) is 6.58 Å². The Labute approximate surface area is 149 Å². The molecule has 0 aliphatic rings. The van der Waals surface area contributed by atoms with Crippen molar-refractivity contribution in [1.82, 2.24) is 0 Å². The molecule has 0 N–H and O–H groups in total. The van der Waals surface area contributed by atoms with E-state index in [1.165, 1.54) is 0 Å². The first-order chi connectivity index (χ1) is 11.5. The molecule has 1 unspecified atom stereocenters. The average Bonchev–Trinajstić information content (AvgIpc) is 2.62. The molecule has 0 aliphatic carbocycles. The van der Waals surface area contributed by atoms with E-state index >= 15 is 0 Å². The van der Waals surface area contributed by atoms with E-state index < -0.39 is 5.41 Å². The van der Waals surface area contributed by atoms with Crippen LogP contribution in [0.4, 0.5) is 0 Å². The quantitative estimate of drug-likeness (QED) is 0.331. The smallest absolute Gasteiger partial charge is 0.172 e. The fraction of sp³-hybridized carbons (Fsp3) is 0.286. The molecule has 2 nitrogen and oxygen atoms in total. The minimum atomic E-state index is -0.593. The van der Waals surface area contributed by atoms with Crippen molar-refractivity contribution in [3.05, 3.63) is 83.4 Å². The highest BCUT2D eigenvalue weighted by Gasteiger charge is 2.30. The SMILES string of the molecule is C=CC(C)(CCCOCc1ccccc1)C(=O)c1ccc(Cl)cc1. The lowest BCUT2D eigenvalue weighted by Crippen LogP contribution is -2.26. The molecule has 0 amide bonds. The van der Waals surface area contributed by atoms with Crippen molar-refractivity contribution >= 4 is 17.4 Å². The van der Waals surface area contributed by atoms with E-state index in [1.54, 1.807) is 30.3 Å². The number of hydrogen-bond acceptors (Lipinski definition) is 2. The number of rotatable bonds is 9. The summed E-state index contributed by atoms with van der Waals surface area (Å²) in [5, 5.41) is 0.626. The molecule has 1 atom stereocenters. The van der Waals surface area contributed by atoms with Crippen molar-refractivity contribution in [3.8, 4) is 0 Å². The standard InChI is InChI=1S/C21H23ClO2/c1-3-21(2,20(23)18-10-12-19(22)13-11-18)14-7-15-24-16-17-8-5-4-6-9-17/h3-6,8-13H,1,7,14-16H2,2H3. The predicted octanol–water partition coefficient (Wildman–Crippen LogP) is 5.71. The van der Waals surface area contributed by atoms with Gasteiger partial charge in [0, 0.05) is 22.6 Å². The molecular formula is C21H23ClO2. The summed E-state index contributed by atoms with van der Waals surface area (Å²) in [5.74, 6) is 0.0669. The number of carbonyl (C=O) groups excluding carboxylic acids is 1. The van der Waals surface area contributed by atoms with Gasteiger partial charge in [-0.15, -0.1) is 6.58 Å². The molecule has 0 spiro atoms. The van der Waals surface area contributed by atoms with Gasteiger partial charge < -0.3 is 4.74 Å². The summed E-state index contributed by atoms with van der Waals surface area (Å²) in [6, 6.07) is 17.1. The summed E-state index contributed by atoms with van der Waals surface area (Å²) in [6.07, 6.45) is 3.24. The Morgan fingerprint density at radius 1 is 1.17 bits per heavy atom. The summed E-state index contributed by atoms with van der Waals surface area (Å²) >= 11 is 5.89. The van der Waals surface area contributed by atoms with Crippen LogP contribution in [-0.2, 0) is 11.3 Å². The highest BCUT2D eigenvalue weighted by Crippen LogP contribution is 2.30. The van der Waals surface area contributed by atoms with Gasteiger partial charge in [-0.2, -0.15) is 0 Å². The van der Waals surface area contributed by atoms with Gasteiger partial charge in [-0.05, 0) is 49.6 Å². The minimum absolute atomic E-state index is 0.0669. The minimum Gasteiger partial charge on any atom is -0.377 e. The number of Topliss-reactive ketones (excluding diaryl/α,β-unsaturated/α-hetero) is 1. The van der Waals surface area contributed by atoms with Gasteiger partial charge in [0.1, 0.15) is 0 Å². The Hall–Kier alpha value is -1.90. The topological polar surface area (TPSA) is 26.3 Å². The average molecular weight is 343 g/mol.